The largest absolute Gasteiger partial charge is 0.490 e. The van der Waals surface area contributed by atoms with Gasteiger partial charge in [-0.25, -0.2) is 4.39 Å². The van der Waals surface area contributed by atoms with E-state index in [1.165, 1.54) is 25.0 Å². The lowest BCUT2D eigenvalue weighted by atomic mass is 10.1. The zero-order valence-corrected chi connectivity index (χ0v) is 11.9. The molecule has 0 amide bonds. The lowest BCUT2D eigenvalue weighted by Crippen LogP contribution is -2.21. The summed E-state index contributed by atoms with van der Waals surface area (Å²) in [6.07, 6.45) is 5.97. The Morgan fingerprint density at radius 3 is 2.79 bits per heavy atom. The van der Waals surface area contributed by atoms with Crippen LogP contribution in [0.25, 0.3) is 0 Å². The quantitative estimate of drug-likeness (QED) is 0.832. The van der Waals surface area contributed by atoms with Gasteiger partial charge in [0.1, 0.15) is 11.6 Å². The summed E-state index contributed by atoms with van der Waals surface area (Å²) in [4.78, 5) is 0. The Labute approximate surface area is 115 Å². The van der Waals surface area contributed by atoms with E-state index in [-0.39, 0.29) is 18.0 Å². The molecule has 1 N–H and O–H groups in total. The fourth-order valence-electron chi connectivity index (χ4n) is 2.62. The van der Waals surface area contributed by atoms with Crippen LogP contribution in [0.3, 0.4) is 0 Å². The van der Waals surface area contributed by atoms with Gasteiger partial charge in [-0.2, -0.15) is 0 Å². The summed E-state index contributed by atoms with van der Waals surface area (Å²) >= 11 is 0. The third-order valence-corrected chi connectivity index (χ3v) is 3.74. The molecule has 0 aliphatic heterocycles. The molecule has 0 radical (unpaired) electrons. The Balaban J connectivity index is 2.11. The zero-order chi connectivity index (χ0) is 13.7. The van der Waals surface area contributed by atoms with Crippen molar-refractivity contribution in [3.05, 3.63) is 29.6 Å². The maximum Gasteiger partial charge on any atom is 0.127 e. The Morgan fingerprint density at radius 2 is 2.11 bits per heavy atom. The molecule has 19 heavy (non-hydrogen) atoms. The monoisotopic (exact) mass is 265 g/mol. The molecule has 1 aliphatic rings. The van der Waals surface area contributed by atoms with E-state index in [9.17, 15) is 4.39 Å². The Morgan fingerprint density at radius 1 is 1.37 bits per heavy atom. The predicted octanol–water partition coefficient (Wildman–Crippen LogP) is 4.21. The highest BCUT2D eigenvalue weighted by Gasteiger charge is 2.20. The highest BCUT2D eigenvalue weighted by atomic mass is 19.1. The van der Waals surface area contributed by atoms with E-state index in [0.29, 0.717) is 5.75 Å². The molecule has 2 rings (SSSR count). The summed E-state index contributed by atoms with van der Waals surface area (Å²) in [5.74, 6) is 0.488. The van der Waals surface area contributed by atoms with Crippen LogP contribution in [0.2, 0.25) is 0 Å². The number of hydrogen-bond acceptors (Lipinski definition) is 2. The molecule has 0 aromatic heterocycles. The van der Waals surface area contributed by atoms with Crippen molar-refractivity contribution >= 4 is 0 Å². The van der Waals surface area contributed by atoms with E-state index in [2.05, 4.69) is 19.2 Å². The molecule has 0 bridgehead atoms. The molecule has 3 heteroatoms. The SMILES string of the molecule is CCCNC(C)c1ccc(F)cc1OC1CCCC1. The number of hydrogen-bond donors (Lipinski definition) is 1. The standard InChI is InChI=1S/C16H24FNO/c1-3-10-18-12(2)15-9-8-13(17)11-16(15)19-14-6-4-5-7-14/h8-9,11-12,14,18H,3-7,10H2,1-2H3. The van der Waals surface area contributed by atoms with E-state index in [4.69, 9.17) is 4.74 Å². The van der Waals surface area contributed by atoms with Crippen molar-refractivity contribution in [3.63, 3.8) is 0 Å². The number of rotatable bonds is 6. The topological polar surface area (TPSA) is 21.3 Å². The molecule has 0 heterocycles. The second-order valence-corrected chi connectivity index (χ2v) is 5.38. The molecule has 1 fully saturated rings. The summed E-state index contributed by atoms with van der Waals surface area (Å²) < 4.78 is 19.4. The smallest absolute Gasteiger partial charge is 0.127 e. The van der Waals surface area contributed by atoms with Gasteiger partial charge in [0.25, 0.3) is 0 Å². The molecule has 1 aromatic carbocycles. The molecule has 106 valence electrons. The van der Waals surface area contributed by atoms with Crippen LogP contribution < -0.4 is 10.1 Å². The molecular formula is C16H24FNO. The maximum atomic E-state index is 13.4. The Kier molecular flexibility index (Phi) is 5.20. The lowest BCUT2D eigenvalue weighted by molar-refractivity contribution is 0.205. The van der Waals surface area contributed by atoms with Crippen LogP contribution in [0.1, 0.15) is 57.6 Å². The average Bonchev–Trinajstić information content (AvgIpc) is 2.89. The summed E-state index contributed by atoms with van der Waals surface area (Å²) in [6, 6.07) is 5.07. The van der Waals surface area contributed by atoms with Gasteiger partial charge in [-0.3, -0.25) is 0 Å². The third kappa shape index (κ3) is 3.93. The molecule has 1 atom stereocenters. The van der Waals surface area contributed by atoms with Gasteiger partial charge in [0.15, 0.2) is 0 Å². The minimum atomic E-state index is -0.223. The summed E-state index contributed by atoms with van der Waals surface area (Å²) in [5, 5.41) is 3.43. The van der Waals surface area contributed by atoms with Crippen LogP contribution >= 0.6 is 0 Å². The molecule has 0 saturated heterocycles. The van der Waals surface area contributed by atoms with Gasteiger partial charge in [0.05, 0.1) is 6.10 Å². The van der Waals surface area contributed by atoms with Crippen LogP contribution in [-0.4, -0.2) is 12.6 Å². The normalized spacial score (nSPS) is 17.6. The second-order valence-electron chi connectivity index (χ2n) is 5.38. The highest BCUT2D eigenvalue weighted by molar-refractivity contribution is 5.36. The molecule has 0 spiro atoms. The van der Waals surface area contributed by atoms with Crippen molar-refractivity contribution in [3.8, 4) is 5.75 Å². The Hall–Kier alpha value is -1.09. The van der Waals surface area contributed by atoms with E-state index in [1.54, 1.807) is 0 Å². The molecular weight excluding hydrogens is 241 g/mol. The predicted molar refractivity (Wildman–Crippen MR) is 76.0 cm³/mol. The molecule has 1 aromatic rings. The number of nitrogens with one attached hydrogen (secondary N) is 1. The average molecular weight is 265 g/mol. The molecule has 1 unspecified atom stereocenters. The number of ether oxygens (including phenoxy) is 1. The van der Waals surface area contributed by atoms with Gasteiger partial charge >= 0.3 is 0 Å². The Bertz CT molecular complexity index is 402. The van der Waals surface area contributed by atoms with Crippen molar-refractivity contribution < 1.29 is 9.13 Å². The minimum Gasteiger partial charge on any atom is -0.490 e. The molecule has 1 saturated carbocycles. The third-order valence-electron chi connectivity index (χ3n) is 3.74. The van der Waals surface area contributed by atoms with Crippen molar-refractivity contribution in [1.82, 2.24) is 5.32 Å². The van der Waals surface area contributed by atoms with Crippen molar-refractivity contribution in [2.75, 3.05) is 6.54 Å². The number of benzene rings is 1. The van der Waals surface area contributed by atoms with Gasteiger partial charge < -0.3 is 10.1 Å². The number of halogens is 1. The van der Waals surface area contributed by atoms with Crippen molar-refractivity contribution in [1.29, 1.82) is 0 Å². The van der Waals surface area contributed by atoms with Crippen LogP contribution in [0.5, 0.6) is 5.75 Å². The summed E-state index contributed by atoms with van der Waals surface area (Å²) in [7, 11) is 0. The lowest BCUT2D eigenvalue weighted by Gasteiger charge is -2.21. The summed E-state index contributed by atoms with van der Waals surface area (Å²) in [6.45, 7) is 5.20. The summed E-state index contributed by atoms with van der Waals surface area (Å²) in [5.41, 5.74) is 1.06. The van der Waals surface area contributed by atoms with Crippen LogP contribution in [0.4, 0.5) is 4.39 Å². The van der Waals surface area contributed by atoms with Crippen molar-refractivity contribution in [2.24, 2.45) is 0 Å². The fourth-order valence-corrected chi connectivity index (χ4v) is 2.62. The first kappa shape index (κ1) is 14.3. The first-order valence-electron chi connectivity index (χ1n) is 7.40. The van der Waals surface area contributed by atoms with Crippen LogP contribution in [0, 0.1) is 5.82 Å². The fraction of sp³-hybridized carbons (Fsp3) is 0.625. The van der Waals surface area contributed by atoms with Crippen molar-refractivity contribution in [2.45, 2.75) is 58.1 Å². The van der Waals surface area contributed by atoms with Gasteiger partial charge in [-0.15, -0.1) is 0 Å². The first-order chi connectivity index (χ1) is 9.20. The van der Waals surface area contributed by atoms with Gasteiger partial charge in [-0.05, 0) is 51.6 Å². The zero-order valence-electron chi connectivity index (χ0n) is 11.9. The van der Waals surface area contributed by atoms with Crippen LogP contribution in [-0.2, 0) is 0 Å². The van der Waals surface area contributed by atoms with Gasteiger partial charge in [-0.1, -0.05) is 13.0 Å². The van der Waals surface area contributed by atoms with E-state index >= 15 is 0 Å². The molecule has 1 aliphatic carbocycles. The van der Waals surface area contributed by atoms with Gasteiger partial charge in [0, 0.05) is 17.7 Å². The highest BCUT2D eigenvalue weighted by Crippen LogP contribution is 2.30. The van der Waals surface area contributed by atoms with Gasteiger partial charge in [0.2, 0.25) is 0 Å². The minimum absolute atomic E-state index is 0.192. The van der Waals surface area contributed by atoms with E-state index in [1.807, 2.05) is 6.07 Å². The molecule has 2 nitrogen and oxygen atoms in total. The first-order valence-corrected chi connectivity index (χ1v) is 7.40. The second kappa shape index (κ2) is 6.90. The van der Waals surface area contributed by atoms with Crippen LogP contribution in [0.15, 0.2) is 18.2 Å². The maximum absolute atomic E-state index is 13.4. The van der Waals surface area contributed by atoms with E-state index in [0.717, 1.165) is 31.4 Å². The van der Waals surface area contributed by atoms with E-state index < -0.39 is 0 Å².